The van der Waals surface area contributed by atoms with Crippen LogP contribution in [-0.4, -0.2) is 59.1 Å². The summed E-state index contributed by atoms with van der Waals surface area (Å²) in [5, 5.41) is 20.9. The molecule has 0 spiro atoms. The Morgan fingerprint density at radius 2 is 1.41 bits per heavy atom. The van der Waals surface area contributed by atoms with Crippen LogP contribution in [0.3, 0.4) is 0 Å². The largest absolute Gasteiger partial charge is 0.459 e. The van der Waals surface area contributed by atoms with Gasteiger partial charge in [0.05, 0.1) is 11.1 Å². The van der Waals surface area contributed by atoms with E-state index in [9.17, 15) is 19.8 Å². The molecule has 1 saturated heterocycles. The van der Waals surface area contributed by atoms with Gasteiger partial charge in [0.2, 0.25) is 0 Å². The van der Waals surface area contributed by atoms with E-state index in [0.29, 0.717) is 11.1 Å². The third-order valence-electron chi connectivity index (χ3n) is 4.80. The Morgan fingerprint density at radius 3 is 1.81 bits per heavy atom. The van der Waals surface area contributed by atoms with Crippen LogP contribution in [0.15, 0.2) is 72.8 Å². The zero-order chi connectivity index (χ0) is 23.4. The number of hydrogen-bond acceptors (Lipinski definition) is 8. The summed E-state index contributed by atoms with van der Waals surface area (Å²) in [6, 6.07) is 16.6. The van der Waals surface area contributed by atoms with E-state index in [1.165, 1.54) is 13.8 Å². The van der Waals surface area contributed by atoms with E-state index >= 15 is 0 Å². The number of aliphatic hydroxyl groups excluding tert-OH is 1. The van der Waals surface area contributed by atoms with Crippen molar-refractivity contribution in [3.63, 3.8) is 0 Å². The minimum Gasteiger partial charge on any atom is -0.459 e. The normalized spacial score (nSPS) is 20.1. The molecule has 3 rings (SSSR count). The van der Waals surface area contributed by atoms with Gasteiger partial charge < -0.3 is 29.2 Å². The minimum atomic E-state index is -1.68. The van der Waals surface area contributed by atoms with Crippen LogP contribution in [0.2, 0.25) is 0 Å². The molecule has 0 aliphatic carbocycles. The molecule has 0 saturated carbocycles. The summed E-state index contributed by atoms with van der Waals surface area (Å²) in [5.41, 5.74) is -0.972. The van der Waals surface area contributed by atoms with Crippen molar-refractivity contribution in [2.75, 3.05) is 13.2 Å². The van der Waals surface area contributed by atoms with Crippen molar-refractivity contribution in [1.29, 1.82) is 0 Å². The van der Waals surface area contributed by atoms with Gasteiger partial charge in [-0.2, -0.15) is 0 Å². The van der Waals surface area contributed by atoms with Gasteiger partial charge in [-0.3, -0.25) is 0 Å². The summed E-state index contributed by atoms with van der Waals surface area (Å²) in [4.78, 5) is 24.9. The molecule has 1 aliphatic rings. The molecule has 2 aromatic carbocycles. The van der Waals surface area contributed by atoms with Crippen molar-refractivity contribution in [2.24, 2.45) is 0 Å². The van der Waals surface area contributed by atoms with Crippen LogP contribution < -0.4 is 0 Å². The summed E-state index contributed by atoms with van der Waals surface area (Å²) in [7, 11) is 0. The molecule has 0 aromatic heterocycles. The highest BCUT2D eigenvalue weighted by Gasteiger charge is 2.54. The Kier molecular flexibility index (Phi) is 7.10. The molecule has 8 heteroatoms. The highest BCUT2D eigenvalue weighted by atomic mass is 16.8. The molecule has 2 N–H and O–H groups in total. The fourth-order valence-corrected chi connectivity index (χ4v) is 3.14. The summed E-state index contributed by atoms with van der Waals surface area (Å²) >= 11 is 0. The van der Waals surface area contributed by atoms with Crippen molar-refractivity contribution < 1.29 is 38.7 Å². The molecular formula is C24H26O8. The van der Waals surface area contributed by atoms with Gasteiger partial charge in [0.15, 0.2) is 17.7 Å². The number of ether oxygens (including phenoxy) is 4. The number of benzene rings is 2. The first-order valence-electron chi connectivity index (χ1n) is 10.0. The van der Waals surface area contributed by atoms with Crippen LogP contribution >= 0.6 is 0 Å². The number of rotatable bonds is 8. The van der Waals surface area contributed by atoms with Crippen LogP contribution in [0, 0.1) is 0 Å². The third kappa shape index (κ3) is 5.60. The highest BCUT2D eigenvalue weighted by molar-refractivity contribution is 5.90. The molecule has 0 amide bonds. The highest BCUT2D eigenvalue weighted by Crippen LogP contribution is 2.37. The van der Waals surface area contributed by atoms with Gasteiger partial charge in [0, 0.05) is 5.57 Å². The van der Waals surface area contributed by atoms with Gasteiger partial charge in [-0.25, -0.2) is 9.59 Å². The molecule has 2 atom stereocenters. The minimum absolute atomic E-state index is 0.0960. The number of carbonyl (C=O) groups excluding carboxylic acids is 2. The van der Waals surface area contributed by atoms with Crippen LogP contribution in [0.1, 0.15) is 34.6 Å². The monoisotopic (exact) mass is 442 g/mol. The Labute approximate surface area is 186 Å². The van der Waals surface area contributed by atoms with Crippen LogP contribution in [0.25, 0.3) is 0 Å². The molecule has 8 nitrogen and oxygen atoms in total. The second-order valence-electron chi connectivity index (χ2n) is 7.94. The molecule has 0 unspecified atom stereocenters. The van der Waals surface area contributed by atoms with E-state index in [1.807, 2.05) is 0 Å². The van der Waals surface area contributed by atoms with Crippen molar-refractivity contribution in [3.05, 3.63) is 83.9 Å². The number of esters is 2. The summed E-state index contributed by atoms with van der Waals surface area (Å²) in [6.45, 7) is 5.65. The second kappa shape index (κ2) is 9.62. The lowest BCUT2D eigenvalue weighted by Crippen LogP contribution is -2.49. The molecule has 170 valence electrons. The maximum Gasteiger partial charge on any atom is 0.338 e. The molecule has 1 heterocycles. The first-order chi connectivity index (χ1) is 15.1. The summed E-state index contributed by atoms with van der Waals surface area (Å²) < 4.78 is 22.0. The molecule has 1 aliphatic heterocycles. The van der Waals surface area contributed by atoms with E-state index in [1.54, 1.807) is 60.7 Å². The zero-order valence-electron chi connectivity index (χ0n) is 17.9. The number of carbonyl (C=O) groups is 2. The van der Waals surface area contributed by atoms with E-state index in [2.05, 4.69) is 6.58 Å². The molecule has 32 heavy (non-hydrogen) atoms. The molecule has 2 aromatic rings. The van der Waals surface area contributed by atoms with E-state index in [-0.39, 0.29) is 5.57 Å². The van der Waals surface area contributed by atoms with Crippen molar-refractivity contribution >= 4 is 11.9 Å². The third-order valence-corrected chi connectivity index (χ3v) is 4.80. The van der Waals surface area contributed by atoms with Crippen LogP contribution in [0.5, 0.6) is 0 Å². The molecule has 0 radical (unpaired) electrons. The molecule has 0 bridgehead atoms. The topological polar surface area (TPSA) is 112 Å². The van der Waals surface area contributed by atoms with Crippen molar-refractivity contribution in [3.8, 4) is 0 Å². The van der Waals surface area contributed by atoms with Crippen molar-refractivity contribution in [1.82, 2.24) is 0 Å². The molecule has 1 fully saturated rings. The maximum absolute atomic E-state index is 12.4. The van der Waals surface area contributed by atoms with Crippen LogP contribution in [0.4, 0.5) is 0 Å². The second-order valence-corrected chi connectivity index (χ2v) is 7.94. The lowest BCUT2D eigenvalue weighted by Gasteiger charge is -2.31. The number of hydrogen-bond donors (Lipinski definition) is 2. The van der Waals surface area contributed by atoms with Gasteiger partial charge in [-0.15, -0.1) is 0 Å². The Bertz CT molecular complexity index is 893. The average molecular weight is 442 g/mol. The predicted octanol–water partition coefficient (Wildman–Crippen LogP) is 2.46. The number of aliphatic hydroxyl groups is 2. The average Bonchev–Trinajstić information content (AvgIpc) is 3.00. The standard InChI is InChI=1S/C24H26O8/c1-16-19(25)24(32-22(16)31-23(2,3)28,14-29-20(26)17-10-6-4-7-11-17)15-30-21(27)18-12-8-5-9-13-18/h4-13,19,22,25,28H,1,14-15H2,2-3H3/t19-,22+/m1/s1. The van der Waals surface area contributed by atoms with E-state index in [0.717, 1.165) is 0 Å². The van der Waals surface area contributed by atoms with E-state index < -0.39 is 48.9 Å². The van der Waals surface area contributed by atoms with Crippen LogP contribution in [-0.2, 0) is 18.9 Å². The quantitative estimate of drug-likeness (QED) is 0.364. The predicted molar refractivity (Wildman–Crippen MR) is 114 cm³/mol. The van der Waals surface area contributed by atoms with Gasteiger partial charge in [-0.05, 0) is 38.1 Å². The van der Waals surface area contributed by atoms with E-state index in [4.69, 9.17) is 18.9 Å². The zero-order valence-corrected chi connectivity index (χ0v) is 17.9. The van der Waals surface area contributed by atoms with Gasteiger partial charge in [-0.1, -0.05) is 43.0 Å². The summed E-state index contributed by atoms with van der Waals surface area (Å²) in [6.07, 6.45) is -2.61. The van der Waals surface area contributed by atoms with Gasteiger partial charge in [0.25, 0.3) is 0 Å². The van der Waals surface area contributed by atoms with Gasteiger partial charge >= 0.3 is 11.9 Å². The Balaban J connectivity index is 1.79. The summed E-state index contributed by atoms with van der Waals surface area (Å²) in [5.74, 6) is -2.88. The fraction of sp³-hybridized carbons (Fsp3) is 0.333. The lowest BCUT2D eigenvalue weighted by atomic mass is 9.96. The SMILES string of the molecule is C=C1[C@@H](OC(C)(C)O)OC(COC(=O)c2ccccc2)(COC(=O)c2ccccc2)[C@@H]1O. The Morgan fingerprint density at radius 1 is 0.969 bits per heavy atom. The van der Waals surface area contributed by atoms with Crippen molar-refractivity contribution in [2.45, 2.75) is 37.6 Å². The first kappa shape index (κ1) is 23.6. The first-order valence-corrected chi connectivity index (χ1v) is 10.0. The lowest BCUT2D eigenvalue weighted by molar-refractivity contribution is -0.280. The Hall–Kier alpha value is -3.04. The molecular weight excluding hydrogens is 416 g/mol. The maximum atomic E-state index is 12.4. The smallest absolute Gasteiger partial charge is 0.338 e. The fourth-order valence-electron chi connectivity index (χ4n) is 3.14. The van der Waals surface area contributed by atoms with Gasteiger partial charge in [0.1, 0.15) is 19.3 Å².